The molecule has 250 valence electrons. The predicted molar refractivity (Wildman–Crippen MR) is 173 cm³/mol. The second-order valence-electron chi connectivity index (χ2n) is 17.2. The summed E-state index contributed by atoms with van der Waals surface area (Å²) >= 11 is 0. The number of carboxylic acid groups (broad SMARTS) is 1. The van der Waals surface area contributed by atoms with Crippen LogP contribution < -0.4 is 5.43 Å². The van der Waals surface area contributed by atoms with Gasteiger partial charge in [0.1, 0.15) is 0 Å². The molecule has 2 aliphatic heterocycles. The second kappa shape index (κ2) is 10.2. The third-order valence-electron chi connectivity index (χ3n) is 15.2. The lowest BCUT2D eigenvalue weighted by atomic mass is 9.34. The van der Waals surface area contributed by atoms with Gasteiger partial charge in [0.25, 0.3) is 11.8 Å². The number of rotatable bonds is 5. The van der Waals surface area contributed by atoms with Gasteiger partial charge >= 0.3 is 5.97 Å². The maximum atomic E-state index is 13.4. The molecule has 2 amide bonds. The van der Waals surface area contributed by atoms with Gasteiger partial charge in [-0.05, 0) is 90.6 Å². The van der Waals surface area contributed by atoms with Gasteiger partial charge in [-0.15, -0.1) is 0 Å². The first-order chi connectivity index (χ1) is 21.6. The van der Waals surface area contributed by atoms with Crippen molar-refractivity contribution in [2.75, 3.05) is 13.2 Å². The number of carbonyl (C=O) groups is 3. The van der Waals surface area contributed by atoms with E-state index in [1.54, 1.807) is 24.3 Å². The van der Waals surface area contributed by atoms with E-state index in [0.717, 1.165) is 30.7 Å². The Hall–Kier alpha value is -2.55. The highest BCUT2D eigenvalue weighted by Crippen LogP contribution is 2.74. The van der Waals surface area contributed by atoms with E-state index in [4.69, 9.17) is 4.74 Å². The number of amides is 2. The second-order valence-corrected chi connectivity index (χ2v) is 17.2. The number of carboxylic acids is 1. The minimum Gasteiger partial charge on any atom is -0.481 e. The van der Waals surface area contributed by atoms with Crippen LogP contribution in [-0.2, 0) is 9.53 Å². The van der Waals surface area contributed by atoms with Crippen LogP contribution in [0.1, 0.15) is 108 Å². The molecule has 7 rings (SSSR count). The lowest BCUT2D eigenvalue weighted by Gasteiger charge is -2.71. The number of fused-ring (bicyclic) bond motifs is 4. The third kappa shape index (κ3) is 3.87. The van der Waals surface area contributed by atoms with Crippen molar-refractivity contribution in [2.45, 2.75) is 99.1 Å². The number of imide groups is 1. The molecular formula is C38H52N2O6. The number of aliphatic hydroxyl groups is 1. The van der Waals surface area contributed by atoms with Crippen molar-refractivity contribution >= 4 is 17.8 Å². The standard InChI is InChI=1S/C38H52N2O6/c1-21(2)22(3)34(4)16-17-36(6)25-12-13-28-35(5)19-46-20-38(28,26(25)14-15-37(36,7)29(34)33(44)45)18-27(30(35)41)39-40-31(42)23-10-8-9-11-24(23)32(40)43/h8-11,14,21-22,25,27-30,39,41H,12-13,15-20H2,1-7H3,(H,44,45)/t22-,25+,27-,28?,29-,30+,34-,35+,36-,37+,38+/m1/s1. The SMILES string of the molecule is CC(C)[C@@H](C)[C@@]1(C)CC[C@]2(C)[C@H]3CCC4[C@@]5(COC[C@]4(C)[C@@H](O)[C@H](NN4C(=O)c6ccccc6C4=O)C5)C3=CC[C@@]2(C)[C@@H]1C(=O)O. The molecule has 0 radical (unpaired) electrons. The van der Waals surface area contributed by atoms with Crippen molar-refractivity contribution in [2.24, 2.45) is 56.7 Å². The Morgan fingerprint density at radius 2 is 1.63 bits per heavy atom. The van der Waals surface area contributed by atoms with Crippen LogP contribution in [0.3, 0.4) is 0 Å². The number of carbonyl (C=O) groups excluding carboxylic acids is 2. The molecule has 0 spiro atoms. The van der Waals surface area contributed by atoms with Gasteiger partial charge in [-0.25, -0.2) is 10.4 Å². The van der Waals surface area contributed by atoms with Crippen LogP contribution in [-0.4, -0.2) is 58.4 Å². The molecule has 8 heteroatoms. The van der Waals surface area contributed by atoms with Crippen molar-refractivity contribution in [3.63, 3.8) is 0 Å². The zero-order chi connectivity index (χ0) is 33.2. The Morgan fingerprint density at radius 3 is 2.24 bits per heavy atom. The molecule has 4 aliphatic carbocycles. The molecule has 46 heavy (non-hydrogen) atoms. The summed E-state index contributed by atoms with van der Waals surface area (Å²) in [5, 5.41) is 24.0. The number of benzene rings is 1. The van der Waals surface area contributed by atoms with E-state index in [1.807, 2.05) is 0 Å². The Balaban J connectivity index is 1.28. The summed E-state index contributed by atoms with van der Waals surface area (Å²) in [6.45, 7) is 16.6. The molecule has 11 atom stereocenters. The number of allylic oxidation sites excluding steroid dienone is 1. The van der Waals surface area contributed by atoms with Gasteiger partial charge < -0.3 is 14.9 Å². The predicted octanol–water partition coefficient (Wildman–Crippen LogP) is 6.11. The van der Waals surface area contributed by atoms with Gasteiger partial charge in [-0.1, -0.05) is 72.2 Å². The van der Waals surface area contributed by atoms with E-state index in [9.17, 15) is 24.6 Å². The largest absolute Gasteiger partial charge is 0.481 e. The highest BCUT2D eigenvalue weighted by atomic mass is 16.5. The molecule has 1 saturated heterocycles. The summed E-state index contributed by atoms with van der Waals surface area (Å²) in [7, 11) is 0. The molecule has 2 bridgehead atoms. The fourth-order valence-corrected chi connectivity index (χ4v) is 12.3. The number of hydrogen-bond acceptors (Lipinski definition) is 6. The lowest BCUT2D eigenvalue weighted by molar-refractivity contribution is -0.237. The monoisotopic (exact) mass is 632 g/mol. The number of hydrogen-bond donors (Lipinski definition) is 3. The van der Waals surface area contributed by atoms with Crippen LogP contribution in [0.5, 0.6) is 0 Å². The van der Waals surface area contributed by atoms with E-state index in [1.165, 1.54) is 5.57 Å². The molecule has 1 aromatic rings. The van der Waals surface area contributed by atoms with Crippen LogP contribution >= 0.6 is 0 Å². The van der Waals surface area contributed by atoms with Crippen LogP contribution in [0.2, 0.25) is 0 Å². The molecule has 0 aromatic heterocycles. The molecule has 2 heterocycles. The Morgan fingerprint density at radius 1 is 0.978 bits per heavy atom. The number of nitrogens with one attached hydrogen (secondary N) is 1. The fraction of sp³-hybridized carbons (Fsp3) is 0.711. The van der Waals surface area contributed by atoms with E-state index < -0.39 is 34.9 Å². The van der Waals surface area contributed by atoms with Gasteiger partial charge in [-0.2, -0.15) is 0 Å². The third-order valence-corrected chi connectivity index (χ3v) is 15.2. The molecule has 3 N–H and O–H groups in total. The van der Waals surface area contributed by atoms with E-state index in [0.29, 0.717) is 43.1 Å². The van der Waals surface area contributed by atoms with Crippen molar-refractivity contribution in [3.05, 3.63) is 47.0 Å². The highest BCUT2D eigenvalue weighted by Gasteiger charge is 2.71. The first-order valence-corrected chi connectivity index (χ1v) is 17.5. The maximum Gasteiger partial charge on any atom is 0.307 e. The van der Waals surface area contributed by atoms with Gasteiger partial charge in [0.2, 0.25) is 0 Å². The molecule has 1 unspecified atom stereocenters. The number of aliphatic carboxylic acids is 1. The van der Waals surface area contributed by atoms with Crippen LogP contribution in [0, 0.1) is 56.7 Å². The summed E-state index contributed by atoms with van der Waals surface area (Å²) < 4.78 is 6.40. The molecule has 8 nitrogen and oxygen atoms in total. The minimum absolute atomic E-state index is 0.185. The molecule has 1 aromatic carbocycles. The summed E-state index contributed by atoms with van der Waals surface area (Å²) in [5.74, 6) is -0.867. The molecule has 3 saturated carbocycles. The van der Waals surface area contributed by atoms with Crippen LogP contribution in [0.15, 0.2) is 35.9 Å². The lowest BCUT2D eigenvalue weighted by Crippen LogP contribution is -2.72. The molecule has 6 aliphatic rings. The fourth-order valence-electron chi connectivity index (χ4n) is 12.3. The van der Waals surface area contributed by atoms with Gasteiger partial charge in [0, 0.05) is 10.8 Å². The van der Waals surface area contributed by atoms with Crippen LogP contribution in [0.25, 0.3) is 0 Å². The zero-order valence-corrected chi connectivity index (χ0v) is 28.6. The topological polar surface area (TPSA) is 116 Å². The molecule has 4 fully saturated rings. The van der Waals surface area contributed by atoms with Gasteiger partial charge in [0.05, 0.1) is 42.4 Å². The summed E-state index contributed by atoms with van der Waals surface area (Å²) in [4.78, 5) is 40.1. The van der Waals surface area contributed by atoms with Crippen molar-refractivity contribution in [3.8, 4) is 0 Å². The van der Waals surface area contributed by atoms with E-state index in [-0.39, 0.29) is 45.8 Å². The number of ether oxygens (including phenoxy) is 1. The smallest absolute Gasteiger partial charge is 0.307 e. The summed E-state index contributed by atoms with van der Waals surface area (Å²) in [6.07, 6.45) is 6.55. The first kappa shape index (κ1) is 32.0. The average molecular weight is 633 g/mol. The van der Waals surface area contributed by atoms with Crippen molar-refractivity contribution in [1.82, 2.24) is 10.4 Å². The number of nitrogens with zero attached hydrogens (tertiary/aromatic N) is 1. The van der Waals surface area contributed by atoms with Crippen molar-refractivity contribution in [1.29, 1.82) is 0 Å². The summed E-state index contributed by atoms with van der Waals surface area (Å²) in [5.41, 5.74) is 3.47. The Labute approximate surface area is 273 Å². The van der Waals surface area contributed by atoms with Gasteiger partial charge in [0.15, 0.2) is 0 Å². The first-order valence-electron chi connectivity index (χ1n) is 17.5. The maximum absolute atomic E-state index is 13.4. The summed E-state index contributed by atoms with van der Waals surface area (Å²) in [6, 6.07) is 6.33. The molecular weight excluding hydrogens is 580 g/mol. The van der Waals surface area contributed by atoms with E-state index >= 15 is 0 Å². The highest BCUT2D eigenvalue weighted by molar-refractivity contribution is 6.21. The average Bonchev–Trinajstić information content (AvgIpc) is 3.24. The van der Waals surface area contributed by atoms with Crippen LogP contribution in [0.4, 0.5) is 0 Å². The normalized spacial score (nSPS) is 45.4. The quantitative estimate of drug-likeness (QED) is 0.265. The zero-order valence-electron chi connectivity index (χ0n) is 28.6. The Bertz CT molecular complexity index is 1490. The van der Waals surface area contributed by atoms with Gasteiger partial charge in [-0.3, -0.25) is 14.4 Å². The number of aliphatic hydroxyl groups excluding tert-OH is 1. The van der Waals surface area contributed by atoms with Crippen molar-refractivity contribution < 1.29 is 29.3 Å². The minimum atomic E-state index is -0.818. The van der Waals surface area contributed by atoms with E-state index in [2.05, 4.69) is 60.0 Å². The number of hydrazine groups is 1. The Kier molecular flexibility index (Phi) is 7.12.